The smallest absolute Gasteiger partial charge is 0.261 e. The molecule has 0 radical (unpaired) electrons. The minimum absolute atomic E-state index is 0.0577. The Labute approximate surface area is 153 Å². The zero-order valence-electron chi connectivity index (χ0n) is 13.4. The second-order valence-corrected chi connectivity index (χ2v) is 9.58. The molecule has 3 saturated heterocycles. The second-order valence-electron chi connectivity index (χ2n) is 6.09. The molecule has 2 aromatic heterocycles. The minimum atomic E-state index is 0.0577. The largest absolute Gasteiger partial charge is 0.480 e. The molecule has 24 heavy (non-hydrogen) atoms. The highest BCUT2D eigenvalue weighted by Gasteiger charge is 2.35. The van der Waals surface area contributed by atoms with E-state index in [1.165, 1.54) is 37.3 Å². The van der Waals surface area contributed by atoms with Crippen molar-refractivity contribution in [3.63, 3.8) is 0 Å². The highest BCUT2D eigenvalue weighted by molar-refractivity contribution is 8.02. The first-order chi connectivity index (χ1) is 11.7. The van der Waals surface area contributed by atoms with Crippen LogP contribution in [0.25, 0.3) is 0 Å². The van der Waals surface area contributed by atoms with Crippen LogP contribution in [0.15, 0.2) is 26.1 Å². The van der Waals surface area contributed by atoms with E-state index in [2.05, 4.69) is 15.2 Å². The Morgan fingerprint density at radius 3 is 2.92 bits per heavy atom. The summed E-state index contributed by atoms with van der Waals surface area (Å²) in [7, 11) is 1.62. The molecule has 2 bridgehead atoms. The molecule has 5 rings (SSSR count). The summed E-state index contributed by atoms with van der Waals surface area (Å²) < 4.78 is 7.11. The van der Waals surface area contributed by atoms with Crippen molar-refractivity contribution >= 4 is 40.3 Å². The standard InChI is InChI=1S/C16H19N3O2S3/c1-21-13-9-22-16(18-13)24-14-3-2-12(23-14)15(20)17-11-8-19-6-4-10(11)5-7-19/h2-3,9-11H,4-8H2,1H3,(H,17,20)/t11-/m0/s1. The van der Waals surface area contributed by atoms with Crippen molar-refractivity contribution in [2.45, 2.75) is 27.4 Å². The highest BCUT2D eigenvalue weighted by Crippen LogP contribution is 2.36. The Hall–Kier alpha value is -1.09. The Morgan fingerprint density at radius 1 is 1.42 bits per heavy atom. The van der Waals surface area contributed by atoms with Crippen molar-refractivity contribution in [3.8, 4) is 5.88 Å². The summed E-state index contributed by atoms with van der Waals surface area (Å²) in [5.41, 5.74) is 0. The quantitative estimate of drug-likeness (QED) is 0.862. The number of ether oxygens (including phenoxy) is 1. The van der Waals surface area contributed by atoms with E-state index in [9.17, 15) is 4.79 Å². The van der Waals surface area contributed by atoms with Crippen LogP contribution in [0.5, 0.6) is 5.88 Å². The fraction of sp³-hybridized carbons (Fsp3) is 0.500. The number of carbonyl (C=O) groups is 1. The van der Waals surface area contributed by atoms with Gasteiger partial charge in [-0.3, -0.25) is 4.79 Å². The lowest BCUT2D eigenvalue weighted by Gasteiger charge is -2.44. The fourth-order valence-corrected chi connectivity index (χ4v) is 6.35. The van der Waals surface area contributed by atoms with Crippen molar-refractivity contribution in [1.82, 2.24) is 15.2 Å². The summed E-state index contributed by atoms with van der Waals surface area (Å²) in [6.45, 7) is 3.38. The molecule has 1 atom stereocenters. The van der Waals surface area contributed by atoms with Gasteiger partial charge in [-0.2, -0.15) is 4.98 Å². The summed E-state index contributed by atoms with van der Waals surface area (Å²) in [6, 6.07) is 4.21. The van der Waals surface area contributed by atoms with E-state index in [1.54, 1.807) is 30.2 Å². The number of hydrogen-bond acceptors (Lipinski definition) is 7. The SMILES string of the molecule is COc1csc(Sc2ccc(C(=O)N[C@H]3CN4CCC3CC4)s2)n1. The maximum atomic E-state index is 12.5. The lowest BCUT2D eigenvalue weighted by Crippen LogP contribution is -2.57. The fourth-order valence-electron chi connectivity index (χ4n) is 3.34. The number of nitrogens with zero attached hydrogens (tertiary/aromatic N) is 2. The van der Waals surface area contributed by atoms with E-state index in [0.29, 0.717) is 17.8 Å². The van der Waals surface area contributed by atoms with Crippen LogP contribution >= 0.6 is 34.4 Å². The molecule has 1 amide bonds. The van der Waals surface area contributed by atoms with Gasteiger partial charge in [-0.1, -0.05) is 0 Å². The van der Waals surface area contributed by atoms with Gasteiger partial charge in [0.2, 0.25) is 5.88 Å². The van der Waals surface area contributed by atoms with Gasteiger partial charge >= 0.3 is 0 Å². The molecule has 2 aromatic rings. The van der Waals surface area contributed by atoms with Gasteiger partial charge in [0.05, 0.1) is 21.6 Å². The number of thiazole rings is 1. The molecular formula is C16H19N3O2S3. The van der Waals surface area contributed by atoms with Crippen molar-refractivity contribution < 1.29 is 9.53 Å². The number of nitrogens with one attached hydrogen (secondary N) is 1. The molecule has 0 aliphatic carbocycles. The zero-order chi connectivity index (χ0) is 16.5. The maximum Gasteiger partial charge on any atom is 0.261 e. The summed E-state index contributed by atoms with van der Waals surface area (Å²) in [5, 5.41) is 5.13. The third-order valence-electron chi connectivity index (χ3n) is 4.64. The zero-order valence-corrected chi connectivity index (χ0v) is 15.8. The normalized spacial score (nSPS) is 25.6. The number of methoxy groups -OCH3 is 1. The molecule has 5 nitrogen and oxygen atoms in total. The molecule has 0 spiro atoms. The van der Waals surface area contributed by atoms with Gasteiger partial charge in [-0.25, -0.2) is 0 Å². The first-order valence-electron chi connectivity index (χ1n) is 8.01. The van der Waals surface area contributed by atoms with Gasteiger partial charge in [0.1, 0.15) is 0 Å². The van der Waals surface area contributed by atoms with Crippen LogP contribution in [-0.2, 0) is 0 Å². The molecule has 128 valence electrons. The Kier molecular flexibility index (Phi) is 4.80. The average molecular weight is 382 g/mol. The summed E-state index contributed by atoms with van der Waals surface area (Å²) in [4.78, 5) is 20.1. The highest BCUT2D eigenvalue weighted by atomic mass is 32.2. The molecule has 0 saturated carbocycles. The van der Waals surface area contributed by atoms with Crippen LogP contribution in [-0.4, -0.2) is 48.6 Å². The molecule has 5 heterocycles. The number of carbonyl (C=O) groups excluding carboxylic acids is 1. The van der Waals surface area contributed by atoms with Gasteiger partial charge in [-0.15, -0.1) is 22.7 Å². The van der Waals surface area contributed by atoms with Crippen LogP contribution in [0.2, 0.25) is 0 Å². The number of hydrogen-bond donors (Lipinski definition) is 1. The lowest BCUT2D eigenvalue weighted by molar-refractivity contribution is 0.0622. The average Bonchev–Trinajstić information content (AvgIpc) is 3.26. The molecular weight excluding hydrogens is 362 g/mol. The monoisotopic (exact) mass is 381 g/mol. The molecule has 3 fully saturated rings. The van der Waals surface area contributed by atoms with Crippen LogP contribution in [0, 0.1) is 5.92 Å². The molecule has 0 unspecified atom stereocenters. The molecule has 0 aromatic carbocycles. The number of piperidine rings is 3. The van der Waals surface area contributed by atoms with E-state index in [-0.39, 0.29) is 5.91 Å². The third-order valence-corrected chi connectivity index (χ3v) is 7.77. The molecule has 1 N–H and O–H groups in total. The predicted octanol–water partition coefficient (Wildman–Crippen LogP) is 3.19. The summed E-state index contributed by atoms with van der Waals surface area (Å²) in [6.07, 6.45) is 2.42. The van der Waals surface area contributed by atoms with Crippen molar-refractivity contribution in [2.24, 2.45) is 5.92 Å². The Morgan fingerprint density at radius 2 is 2.25 bits per heavy atom. The first kappa shape index (κ1) is 16.4. The Bertz CT molecular complexity index is 722. The summed E-state index contributed by atoms with van der Waals surface area (Å²) >= 11 is 4.65. The van der Waals surface area contributed by atoms with Gasteiger partial charge in [0.25, 0.3) is 5.91 Å². The van der Waals surface area contributed by atoms with Crippen LogP contribution in [0.3, 0.4) is 0 Å². The van der Waals surface area contributed by atoms with E-state index in [1.807, 2.05) is 17.5 Å². The molecule has 3 aliphatic heterocycles. The third kappa shape index (κ3) is 3.46. The van der Waals surface area contributed by atoms with Gasteiger partial charge in [-0.05, 0) is 55.7 Å². The van der Waals surface area contributed by atoms with Gasteiger partial charge in [0.15, 0.2) is 4.34 Å². The lowest BCUT2D eigenvalue weighted by atomic mass is 9.84. The van der Waals surface area contributed by atoms with Gasteiger partial charge in [0, 0.05) is 12.6 Å². The molecule has 8 heteroatoms. The minimum Gasteiger partial charge on any atom is -0.480 e. The number of amides is 1. The van der Waals surface area contributed by atoms with E-state index in [0.717, 1.165) is 20.0 Å². The second kappa shape index (κ2) is 7.03. The van der Waals surface area contributed by atoms with Crippen molar-refractivity contribution in [2.75, 3.05) is 26.7 Å². The van der Waals surface area contributed by atoms with Crippen LogP contribution < -0.4 is 10.1 Å². The van der Waals surface area contributed by atoms with E-state index >= 15 is 0 Å². The van der Waals surface area contributed by atoms with E-state index in [4.69, 9.17) is 4.74 Å². The van der Waals surface area contributed by atoms with Gasteiger partial charge < -0.3 is 15.0 Å². The van der Waals surface area contributed by atoms with Crippen molar-refractivity contribution in [1.29, 1.82) is 0 Å². The maximum absolute atomic E-state index is 12.5. The predicted molar refractivity (Wildman–Crippen MR) is 97.5 cm³/mol. The number of thiophene rings is 1. The van der Waals surface area contributed by atoms with E-state index < -0.39 is 0 Å². The topological polar surface area (TPSA) is 54.5 Å². The molecule has 3 aliphatic rings. The Balaban J connectivity index is 1.38. The van der Waals surface area contributed by atoms with Crippen molar-refractivity contribution in [3.05, 3.63) is 22.4 Å². The first-order valence-corrected chi connectivity index (χ1v) is 10.5. The number of rotatable bonds is 5. The van der Waals surface area contributed by atoms with Crippen LogP contribution in [0.4, 0.5) is 0 Å². The van der Waals surface area contributed by atoms with Crippen LogP contribution in [0.1, 0.15) is 22.5 Å². The number of aromatic nitrogens is 1. The summed E-state index contributed by atoms with van der Waals surface area (Å²) in [5.74, 6) is 1.34. The number of fused-ring (bicyclic) bond motifs is 3.